The number of nitrogens with zero attached hydrogens (tertiary/aromatic N) is 2. The van der Waals surface area contributed by atoms with Crippen LogP contribution in [0.4, 0.5) is 0 Å². The van der Waals surface area contributed by atoms with Gasteiger partial charge in [-0.15, -0.1) is 0 Å². The maximum absolute atomic E-state index is 12.8. The smallest absolute Gasteiger partial charge is 0.241 e. The third-order valence-corrected chi connectivity index (χ3v) is 6.10. The van der Waals surface area contributed by atoms with Crippen LogP contribution in [0.5, 0.6) is 11.5 Å². The zero-order valence-corrected chi connectivity index (χ0v) is 16.2. The van der Waals surface area contributed by atoms with Crippen molar-refractivity contribution in [2.45, 2.75) is 24.3 Å². The number of imidazole rings is 1. The first kappa shape index (κ1) is 18.5. The third kappa shape index (κ3) is 3.88. The minimum absolute atomic E-state index is 0.152. The van der Waals surface area contributed by atoms with Gasteiger partial charge in [0, 0.05) is 36.6 Å². The highest BCUT2D eigenvalue weighted by atomic mass is 32.2. The largest absolute Gasteiger partial charge is 0.490 e. The van der Waals surface area contributed by atoms with Crippen LogP contribution >= 0.6 is 0 Å². The van der Waals surface area contributed by atoms with Gasteiger partial charge in [0.2, 0.25) is 10.0 Å². The summed E-state index contributed by atoms with van der Waals surface area (Å²) in [6, 6.07) is 11.9. The molecule has 7 nitrogen and oxygen atoms in total. The number of fused-ring (bicyclic) bond motifs is 1. The maximum atomic E-state index is 12.8. The fraction of sp³-hybridized carbons (Fsp3) is 0.250. The van der Waals surface area contributed by atoms with Crippen LogP contribution in [0.25, 0.3) is 5.69 Å². The SMILES string of the molecule is CC(NS(=O)(=O)c1ccc2c(c1)OCCCO2)c1ccc(-n2ccnc2)cc1. The Morgan fingerprint density at radius 3 is 2.54 bits per heavy atom. The fourth-order valence-electron chi connectivity index (χ4n) is 3.03. The van der Waals surface area contributed by atoms with Crippen LogP contribution in [0.2, 0.25) is 0 Å². The summed E-state index contributed by atoms with van der Waals surface area (Å²) in [6.07, 6.45) is 6.04. The molecule has 0 fully saturated rings. The standard InChI is InChI=1S/C20H21N3O4S/c1-15(16-3-5-17(6-4-16)23-10-9-21-14-23)22-28(24,25)18-7-8-19-20(13-18)27-12-2-11-26-19/h3-10,13-15,22H,2,11-12H2,1H3. The van der Waals surface area contributed by atoms with E-state index in [1.165, 1.54) is 12.1 Å². The predicted octanol–water partition coefficient (Wildman–Crippen LogP) is 3.07. The van der Waals surface area contributed by atoms with E-state index in [4.69, 9.17) is 9.47 Å². The minimum Gasteiger partial charge on any atom is -0.490 e. The summed E-state index contributed by atoms with van der Waals surface area (Å²) in [5, 5.41) is 0. The second-order valence-electron chi connectivity index (χ2n) is 6.56. The molecule has 0 amide bonds. The van der Waals surface area contributed by atoms with E-state index in [1.807, 2.05) is 42.0 Å². The van der Waals surface area contributed by atoms with Gasteiger partial charge in [-0.2, -0.15) is 0 Å². The van der Waals surface area contributed by atoms with Gasteiger partial charge in [0.15, 0.2) is 11.5 Å². The van der Waals surface area contributed by atoms with E-state index in [0.29, 0.717) is 24.7 Å². The molecule has 2 aromatic carbocycles. The van der Waals surface area contributed by atoms with Crippen LogP contribution in [0, 0.1) is 0 Å². The Hall–Kier alpha value is -2.84. The van der Waals surface area contributed by atoms with Crippen LogP contribution in [0.15, 0.2) is 66.1 Å². The lowest BCUT2D eigenvalue weighted by Gasteiger charge is -2.16. The van der Waals surface area contributed by atoms with Gasteiger partial charge in [0.25, 0.3) is 0 Å². The zero-order valence-electron chi connectivity index (χ0n) is 15.4. The molecule has 0 spiro atoms. The Morgan fingerprint density at radius 1 is 1.07 bits per heavy atom. The molecule has 0 radical (unpaired) electrons. The Balaban J connectivity index is 1.52. The second-order valence-corrected chi connectivity index (χ2v) is 8.28. The number of ether oxygens (including phenoxy) is 2. The number of aromatic nitrogens is 2. The van der Waals surface area contributed by atoms with Gasteiger partial charge < -0.3 is 14.0 Å². The molecular formula is C20H21N3O4S. The zero-order chi connectivity index (χ0) is 19.6. The van der Waals surface area contributed by atoms with Crippen molar-refractivity contribution < 1.29 is 17.9 Å². The Labute approximate surface area is 164 Å². The fourth-order valence-corrected chi connectivity index (χ4v) is 4.27. The summed E-state index contributed by atoms with van der Waals surface area (Å²) < 4.78 is 41.4. The van der Waals surface area contributed by atoms with Gasteiger partial charge in [-0.1, -0.05) is 12.1 Å². The van der Waals surface area contributed by atoms with E-state index in [-0.39, 0.29) is 4.90 Å². The molecule has 1 aliphatic heterocycles. The summed E-state index contributed by atoms with van der Waals surface area (Å²) in [7, 11) is -3.71. The highest BCUT2D eigenvalue weighted by molar-refractivity contribution is 7.89. The number of rotatable bonds is 5. The minimum atomic E-state index is -3.71. The summed E-state index contributed by atoms with van der Waals surface area (Å²) in [6.45, 7) is 2.87. The van der Waals surface area contributed by atoms with E-state index >= 15 is 0 Å². The molecule has 8 heteroatoms. The molecule has 0 aliphatic carbocycles. The molecular weight excluding hydrogens is 378 g/mol. The highest BCUT2D eigenvalue weighted by Gasteiger charge is 2.21. The average molecular weight is 399 g/mol. The first-order valence-electron chi connectivity index (χ1n) is 9.03. The number of hydrogen-bond donors (Lipinski definition) is 1. The van der Waals surface area contributed by atoms with Gasteiger partial charge in [-0.05, 0) is 36.8 Å². The van der Waals surface area contributed by atoms with Crippen molar-refractivity contribution in [3.8, 4) is 17.2 Å². The highest BCUT2D eigenvalue weighted by Crippen LogP contribution is 2.32. The van der Waals surface area contributed by atoms with Crippen LogP contribution in [0.1, 0.15) is 24.9 Å². The van der Waals surface area contributed by atoms with Crippen molar-refractivity contribution in [1.29, 1.82) is 0 Å². The molecule has 2 heterocycles. The van der Waals surface area contributed by atoms with Gasteiger partial charge in [0.1, 0.15) is 0 Å². The molecule has 1 aliphatic rings. The van der Waals surface area contributed by atoms with E-state index in [1.54, 1.807) is 18.6 Å². The molecule has 28 heavy (non-hydrogen) atoms. The number of hydrogen-bond acceptors (Lipinski definition) is 5. The first-order chi connectivity index (χ1) is 13.5. The van der Waals surface area contributed by atoms with Crippen LogP contribution in [-0.2, 0) is 10.0 Å². The lowest BCUT2D eigenvalue weighted by molar-refractivity contribution is 0.297. The number of sulfonamides is 1. The van der Waals surface area contributed by atoms with Gasteiger partial charge >= 0.3 is 0 Å². The van der Waals surface area contributed by atoms with Crippen LogP contribution < -0.4 is 14.2 Å². The molecule has 1 unspecified atom stereocenters. The van der Waals surface area contributed by atoms with Gasteiger partial charge in [0.05, 0.1) is 24.4 Å². The molecule has 0 bridgehead atoms. The molecule has 0 saturated carbocycles. The lowest BCUT2D eigenvalue weighted by Crippen LogP contribution is -2.27. The second kappa shape index (κ2) is 7.65. The van der Waals surface area contributed by atoms with Gasteiger partial charge in [-0.3, -0.25) is 0 Å². The van der Waals surface area contributed by atoms with E-state index in [2.05, 4.69) is 9.71 Å². The third-order valence-electron chi connectivity index (χ3n) is 4.56. The molecule has 4 rings (SSSR count). The van der Waals surface area contributed by atoms with E-state index in [0.717, 1.165) is 17.7 Å². The van der Waals surface area contributed by atoms with Gasteiger partial charge in [-0.25, -0.2) is 18.1 Å². The van der Waals surface area contributed by atoms with Crippen molar-refractivity contribution in [1.82, 2.24) is 14.3 Å². The Morgan fingerprint density at radius 2 is 1.82 bits per heavy atom. The molecule has 1 atom stereocenters. The van der Waals surface area contributed by atoms with E-state index in [9.17, 15) is 8.42 Å². The van der Waals surface area contributed by atoms with E-state index < -0.39 is 16.1 Å². The topological polar surface area (TPSA) is 82.5 Å². The van der Waals surface area contributed by atoms with Crippen LogP contribution in [0.3, 0.4) is 0 Å². The van der Waals surface area contributed by atoms with Crippen molar-refractivity contribution in [3.63, 3.8) is 0 Å². The quantitative estimate of drug-likeness (QED) is 0.713. The summed E-state index contributed by atoms with van der Waals surface area (Å²) >= 11 is 0. The lowest BCUT2D eigenvalue weighted by atomic mass is 10.1. The van der Waals surface area contributed by atoms with Crippen molar-refractivity contribution >= 4 is 10.0 Å². The molecule has 1 N–H and O–H groups in total. The summed E-state index contributed by atoms with van der Waals surface area (Å²) in [5.41, 5.74) is 1.82. The molecule has 146 valence electrons. The van der Waals surface area contributed by atoms with Crippen molar-refractivity contribution in [3.05, 3.63) is 66.7 Å². The normalized spacial score (nSPS) is 15.0. The molecule has 1 aromatic heterocycles. The van der Waals surface area contributed by atoms with Crippen molar-refractivity contribution in [2.75, 3.05) is 13.2 Å². The maximum Gasteiger partial charge on any atom is 0.241 e. The molecule has 0 saturated heterocycles. The number of nitrogens with one attached hydrogen (secondary N) is 1. The monoisotopic (exact) mass is 399 g/mol. The Kier molecular flexibility index (Phi) is 5.06. The summed E-state index contributed by atoms with van der Waals surface area (Å²) in [5.74, 6) is 1.03. The van der Waals surface area contributed by atoms with Crippen molar-refractivity contribution in [2.24, 2.45) is 0 Å². The average Bonchev–Trinajstić information content (AvgIpc) is 3.13. The summed E-state index contributed by atoms with van der Waals surface area (Å²) in [4.78, 5) is 4.18. The first-order valence-corrected chi connectivity index (χ1v) is 10.5. The van der Waals surface area contributed by atoms with Crippen LogP contribution in [-0.4, -0.2) is 31.2 Å². The Bertz CT molecular complexity index is 1050. The predicted molar refractivity (Wildman–Crippen MR) is 104 cm³/mol. The molecule has 3 aromatic rings. The number of benzene rings is 2.